The van der Waals surface area contributed by atoms with Gasteiger partial charge in [0.05, 0.1) is 4.90 Å². The number of sulfonamides is 1. The lowest BCUT2D eigenvalue weighted by Gasteiger charge is -2.29. The van der Waals surface area contributed by atoms with Crippen LogP contribution in [0.25, 0.3) is 0 Å². The summed E-state index contributed by atoms with van der Waals surface area (Å²) in [5.74, 6) is -0.175. The smallest absolute Gasteiger partial charge is 0.240 e. The summed E-state index contributed by atoms with van der Waals surface area (Å²) in [6.45, 7) is 2.98. The summed E-state index contributed by atoms with van der Waals surface area (Å²) >= 11 is 0. The molecule has 3 rings (SSSR count). The lowest BCUT2D eigenvalue weighted by atomic mass is 9.89. The van der Waals surface area contributed by atoms with Gasteiger partial charge in [-0.05, 0) is 55.0 Å². The van der Waals surface area contributed by atoms with Gasteiger partial charge in [-0.1, -0.05) is 30.3 Å². The van der Waals surface area contributed by atoms with Crippen LogP contribution in [0.3, 0.4) is 0 Å². The van der Waals surface area contributed by atoms with Crippen molar-refractivity contribution in [2.45, 2.75) is 37.2 Å². The molecule has 7 heteroatoms. The van der Waals surface area contributed by atoms with Gasteiger partial charge in [-0.15, -0.1) is 0 Å². The maximum absolute atomic E-state index is 12.8. The molecule has 0 aromatic heterocycles. The highest BCUT2D eigenvalue weighted by atomic mass is 32.2. The number of carbonyl (C=O) groups is 1. The number of aryl methyl sites for hydroxylation is 1. The van der Waals surface area contributed by atoms with Gasteiger partial charge in [0.15, 0.2) is 0 Å². The summed E-state index contributed by atoms with van der Waals surface area (Å²) in [5.41, 5.74) is 0.548. The molecule has 0 spiro atoms. The predicted molar refractivity (Wildman–Crippen MR) is 104 cm³/mol. The van der Waals surface area contributed by atoms with Gasteiger partial charge >= 0.3 is 0 Å². The Bertz CT molecular complexity index is 940. The fraction of sp³-hybridized carbons (Fsp3) is 0.350. The van der Waals surface area contributed by atoms with Crippen molar-refractivity contribution in [2.75, 3.05) is 11.9 Å². The van der Waals surface area contributed by atoms with Crippen LogP contribution in [0.1, 0.15) is 30.9 Å². The second-order valence-electron chi connectivity index (χ2n) is 7.05. The molecule has 1 aliphatic carbocycles. The van der Waals surface area contributed by atoms with E-state index in [-0.39, 0.29) is 23.3 Å². The Morgan fingerprint density at radius 1 is 1.19 bits per heavy atom. The largest absolute Gasteiger partial charge is 0.383 e. The van der Waals surface area contributed by atoms with Gasteiger partial charge in [-0.25, -0.2) is 13.1 Å². The van der Waals surface area contributed by atoms with Gasteiger partial charge in [0.1, 0.15) is 5.60 Å². The highest BCUT2D eigenvalue weighted by Crippen LogP contribution is 2.45. The third-order valence-electron chi connectivity index (χ3n) is 4.84. The van der Waals surface area contributed by atoms with Crippen LogP contribution in [-0.4, -0.2) is 26.0 Å². The number of carbonyl (C=O) groups excluding carboxylic acids is 1. The first-order valence-corrected chi connectivity index (χ1v) is 10.4. The van der Waals surface area contributed by atoms with Gasteiger partial charge in [-0.3, -0.25) is 4.79 Å². The van der Waals surface area contributed by atoms with Crippen LogP contribution >= 0.6 is 0 Å². The Labute approximate surface area is 159 Å². The van der Waals surface area contributed by atoms with E-state index in [9.17, 15) is 18.3 Å². The Kier molecular flexibility index (Phi) is 5.37. The molecule has 2 aromatic carbocycles. The molecule has 144 valence electrons. The number of rotatable bonds is 7. The lowest BCUT2D eigenvalue weighted by Crippen LogP contribution is -2.42. The Balaban J connectivity index is 1.81. The van der Waals surface area contributed by atoms with Gasteiger partial charge in [0.25, 0.3) is 0 Å². The highest BCUT2D eigenvalue weighted by Gasteiger charge is 2.45. The quantitative estimate of drug-likeness (QED) is 0.679. The number of hydrogen-bond donors (Lipinski definition) is 3. The van der Waals surface area contributed by atoms with E-state index in [0.717, 1.165) is 12.8 Å². The van der Waals surface area contributed by atoms with E-state index in [2.05, 4.69) is 10.0 Å². The Morgan fingerprint density at radius 2 is 1.85 bits per heavy atom. The van der Waals surface area contributed by atoms with E-state index in [0.29, 0.717) is 16.8 Å². The van der Waals surface area contributed by atoms with E-state index >= 15 is 0 Å². The minimum atomic E-state index is -3.81. The van der Waals surface area contributed by atoms with E-state index in [4.69, 9.17) is 0 Å². The average Bonchev–Trinajstić information content (AvgIpc) is 3.45. The van der Waals surface area contributed by atoms with Crippen LogP contribution in [0.4, 0.5) is 5.69 Å². The molecule has 27 heavy (non-hydrogen) atoms. The topological polar surface area (TPSA) is 95.5 Å². The maximum Gasteiger partial charge on any atom is 0.240 e. The normalized spacial score (nSPS) is 16.6. The molecule has 6 nitrogen and oxygen atoms in total. The third-order valence-corrected chi connectivity index (χ3v) is 6.40. The standard InChI is InChI=1S/C20H24N2O4S/c1-14-12-18(22-15(2)23)10-11-19(14)27(25,26)21-13-20(24,17-8-9-17)16-6-4-3-5-7-16/h3-7,10-12,17,21,24H,8-9,13H2,1-2H3,(H,22,23). The summed E-state index contributed by atoms with van der Waals surface area (Å²) in [7, 11) is -3.81. The first-order chi connectivity index (χ1) is 12.7. The summed E-state index contributed by atoms with van der Waals surface area (Å²) in [6, 6.07) is 13.8. The van der Waals surface area contributed by atoms with E-state index in [1.54, 1.807) is 19.1 Å². The fourth-order valence-electron chi connectivity index (χ4n) is 3.28. The Morgan fingerprint density at radius 3 is 2.41 bits per heavy atom. The van der Waals surface area contributed by atoms with E-state index in [1.165, 1.54) is 13.0 Å². The lowest BCUT2D eigenvalue weighted by molar-refractivity contribution is -0.114. The summed E-state index contributed by atoms with van der Waals surface area (Å²) in [5, 5.41) is 13.8. The van der Waals surface area contributed by atoms with Crippen LogP contribution in [0.2, 0.25) is 0 Å². The molecular weight excluding hydrogens is 364 g/mol. The molecule has 0 bridgehead atoms. The molecule has 0 aliphatic heterocycles. The number of aliphatic hydroxyl groups is 1. The van der Waals surface area contributed by atoms with Crippen LogP contribution in [-0.2, 0) is 20.4 Å². The molecule has 3 N–H and O–H groups in total. The van der Waals surface area contributed by atoms with Gasteiger partial charge in [-0.2, -0.15) is 0 Å². The molecular formula is C20H24N2O4S. The van der Waals surface area contributed by atoms with Crippen LogP contribution in [0.15, 0.2) is 53.4 Å². The zero-order valence-corrected chi connectivity index (χ0v) is 16.2. The Hall–Kier alpha value is -2.22. The zero-order valence-electron chi connectivity index (χ0n) is 15.4. The van der Waals surface area contributed by atoms with Crippen molar-refractivity contribution in [1.82, 2.24) is 4.72 Å². The molecule has 0 heterocycles. The van der Waals surface area contributed by atoms with Crippen LogP contribution in [0, 0.1) is 12.8 Å². The number of anilines is 1. The van der Waals surface area contributed by atoms with Crippen molar-refractivity contribution in [2.24, 2.45) is 5.92 Å². The van der Waals surface area contributed by atoms with Gasteiger partial charge < -0.3 is 10.4 Å². The summed E-state index contributed by atoms with van der Waals surface area (Å²) in [4.78, 5) is 11.3. The number of benzene rings is 2. The predicted octanol–water partition coefficient (Wildman–Crippen LogP) is 2.53. The summed E-state index contributed by atoms with van der Waals surface area (Å²) < 4.78 is 28.2. The minimum Gasteiger partial charge on any atom is -0.383 e. The molecule has 0 saturated heterocycles. The number of hydrogen-bond acceptors (Lipinski definition) is 4. The highest BCUT2D eigenvalue weighted by molar-refractivity contribution is 7.89. The van der Waals surface area contributed by atoms with E-state index < -0.39 is 15.6 Å². The minimum absolute atomic E-state index is 0.0471. The first kappa shape index (κ1) is 19.5. The van der Waals surface area contributed by atoms with Crippen molar-refractivity contribution >= 4 is 21.6 Å². The molecule has 0 radical (unpaired) electrons. The second kappa shape index (κ2) is 7.42. The zero-order chi connectivity index (χ0) is 19.7. The molecule has 1 atom stereocenters. The second-order valence-corrected chi connectivity index (χ2v) is 8.79. The molecule has 1 saturated carbocycles. The average molecular weight is 388 g/mol. The molecule has 1 amide bonds. The van der Waals surface area contributed by atoms with Crippen molar-refractivity contribution in [1.29, 1.82) is 0 Å². The van der Waals surface area contributed by atoms with Crippen LogP contribution < -0.4 is 10.0 Å². The third kappa shape index (κ3) is 4.37. The number of amides is 1. The van der Waals surface area contributed by atoms with E-state index in [1.807, 2.05) is 30.3 Å². The molecule has 1 unspecified atom stereocenters. The number of nitrogens with one attached hydrogen (secondary N) is 2. The maximum atomic E-state index is 12.8. The SMILES string of the molecule is CC(=O)Nc1ccc(S(=O)(=O)NCC(O)(c2ccccc2)C2CC2)c(C)c1. The van der Waals surface area contributed by atoms with Crippen molar-refractivity contribution in [3.8, 4) is 0 Å². The molecule has 1 fully saturated rings. The first-order valence-electron chi connectivity index (χ1n) is 8.88. The van der Waals surface area contributed by atoms with Crippen molar-refractivity contribution in [3.63, 3.8) is 0 Å². The van der Waals surface area contributed by atoms with Crippen molar-refractivity contribution in [3.05, 3.63) is 59.7 Å². The van der Waals surface area contributed by atoms with Gasteiger partial charge in [0.2, 0.25) is 15.9 Å². The molecule has 1 aliphatic rings. The fourth-order valence-corrected chi connectivity index (χ4v) is 4.58. The van der Waals surface area contributed by atoms with Gasteiger partial charge in [0, 0.05) is 19.2 Å². The van der Waals surface area contributed by atoms with Crippen LogP contribution in [0.5, 0.6) is 0 Å². The molecule has 2 aromatic rings. The summed E-state index contributed by atoms with van der Waals surface area (Å²) in [6.07, 6.45) is 1.75. The monoisotopic (exact) mass is 388 g/mol. The van der Waals surface area contributed by atoms with Crippen molar-refractivity contribution < 1.29 is 18.3 Å².